The molecule has 2 N–H and O–H groups in total. The molecule has 3 rings (SSSR count). The van der Waals surface area contributed by atoms with Crippen molar-refractivity contribution in [3.05, 3.63) is 17.9 Å². The highest BCUT2D eigenvalue weighted by atomic mass is 19.1. The van der Waals surface area contributed by atoms with E-state index in [1.54, 1.807) is 7.11 Å². The Kier molecular flexibility index (Phi) is 4.30. The fourth-order valence-electron chi connectivity index (χ4n) is 3.14. The number of anilines is 2. The quantitative estimate of drug-likeness (QED) is 0.675. The van der Waals surface area contributed by atoms with E-state index in [0.29, 0.717) is 17.7 Å². The van der Waals surface area contributed by atoms with E-state index in [9.17, 15) is 4.39 Å². The van der Waals surface area contributed by atoms with Crippen molar-refractivity contribution < 1.29 is 18.4 Å². The minimum atomic E-state index is -0.607. The molecule has 0 amide bonds. The molecule has 24 heavy (non-hydrogen) atoms. The van der Waals surface area contributed by atoms with Gasteiger partial charge >= 0.3 is 7.12 Å². The zero-order valence-electron chi connectivity index (χ0n) is 15.1. The van der Waals surface area contributed by atoms with Crippen LogP contribution in [0, 0.1) is 5.82 Å². The molecule has 0 aromatic heterocycles. The number of benzene rings is 1. The zero-order chi connectivity index (χ0) is 17.7. The van der Waals surface area contributed by atoms with Gasteiger partial charge in [0.15, 0.2) is 0 Å². The number of methoxy groups -OCH3 is 1. The van der Waals surface area contributed by atoms with Gasteiger partial charge in [0, 0.05) is 20.2 Å². The monoisotopic (exact) mass is 336 g/mol. The number of nitrogens with zero attached hydrogens (tertiary/aromatic N) is 1. The van der Waals surface area contributed by atoms with Gasteiger partial charge in [-0.15, -0.1) is 0 Å². The summed E-state index contributed by atoms with van der Waals surface area (Å²) in [4.78, 5) is 2.06. The second-order valence-corrected chi connectivity index (χ2v) is 7.62. The summed E-state index contributed by atoms with van der Waals surface area (Å²) >= 11 is 0. The van der Waals surface area contributed by atoms with E-state index in [2.05, 4.69) is 4.90 Å². The molecular weight excluding hydrogens is 310 g/mol. The van der Waals surface area contributed by atoms with E-state index in [-0.39, 0.29) is 11.8 Å². The SMILES string of the molecule is COC1CCN(c2cc(B3OC(C)(C)C(C)(C)O3)cc(F)c2N)C1. The Labute approximate surface area is 143 Å². The van der Waals surface area contributed by atoms with Gasteiger partial charge in [-0.1, -0.05) is 0 Å². The van der Waals surface area contributed by atoms with Gasteiger partial charge in [-0.3, -0.25) is 0 Å². The second-order valence-electron chi connectivity index (χ2n) is 7.62. The van der Waals surface area contributed by atoms with Crippen LogP contribution in [0.2, 0.25) is 0 Å². The van der Waals surface area contributed by atoms with Gasteiger partial charge in [-0.05, 0) is 51.7 Å². The molecule has 0 bridgehead atoms. The number of halogens is 1. The van der Waals surface area contributed by atoms with Crippen LogP contribution in [0.25, 0.3) is 0 Å². The molecule has 132 valence electrons. The summed E-state index contributed by atoms with van der Waals surface area (Å²) in [6, 6.07) is 3.28. The van der Waals surface area contributed by atoms with E-state index >= 15 is 0 Å². The van der Waals surface area contributed by atoms with Crippen LogP contribution in [0.15, 0.2) is 12.1 Å². The molecular formula is C17H26BFN2O3. The first-order chi connectivity index (χ1) is 11.1. The van der Waals surface area contributed by atoms with Crippen molar-refractivity contribution in [2.75, 3.05) is 30.8 Å². The smallest absolute Gasteiger partial charge is 0.399 e. The molecule has 0 saturated carbocycles. The molecule has 1 atom stereocenters. The highest BCUT2D eigenvalue weighted by Crippen LogP contribution is 2.37. The van der Waals surface area contributed by atoms with Crippen LogP contribution in [-0.4, -0.2) is 44.6 Å². The topological polar surface area (TPSA) is 57.0 Å². The Morgan fingerprint density at radius 1 is 1.25 bits per heavy atom. The maximum Gasteiger partial charge on any atom is 0.495 e. The highest BCUT2D eigenvalue weighted by molar-refractivity contribution is 6.62. The molecule has 2 saturated heterocycles. The van der Waals surface area contributed by atoms with Crippen molar-refractivity contribution in [2.45, 2.75) is 51.4 Å². The molecule has 2 heterocycles. The van der Waals surface area contributed by atoms with E-state index in [1.165, 1.54) is 6.07 Å². The third kappa shape index (κ3) is 2.89. The minimum absolute atomic E-state index is 0.146. The van der Waals surface area contributed by atoms with Crippen LogP contribution in [-0.2, 0) is 14.0 Å². The molecule has 1 aromatic carbocycles. The molecule has 2 aliphatic heterocycles. The Bertz CT molecular complexity index is 623. The van der Waals surface area contributed by atoms with Crippen LogP contribution < -0.4 is 16.1 Å². The van der Waals surface area contributed by atoms with Gasteiger partial charge in [-0.25, -0.2) is 4.39 Å². The van der Waals surface area contributed by atoms with Crippen molar-refractivity contribution >= 4 is 24.0 Å². The van der Waals surface area contributed by atoms with Crippen LogP contribution >= 0.6 is 0 Å². The third-order valence-electron chi connectivity index (χ3n) is 5.47. The normalized spacial score (nSPS) is 25.5. The van der Waals surface area contributed by atoms with Gasteiger partial charge in [0.25, 0.3) is 0 Å². The summed E-state index contributed by atoms with van der Waals surface area (Å²) in [6.45, 7) is 9.40. The fourth-order valence-corrected chi connectivity index (χ4v) is 3.14. The number of nitrogens with two attached hydrogens (primary N) is 1. The first kappa shape index (κ1) is 17.5. The van der Waals surface area contributed by atoms with Crippen molar-refractivity contribution in [3.8, 4) is 0 Å². The second kappa shape index (κ2) is 5.90. The molecule has 1 aromatic rings. The molecule has 2 aliphatic rings. The zero-order valence-corrected chi connectivity index (χ0v) is 15.1. The standard InChI is InChI=1S/C17H26BFN2O3/c1-16(2)17(3,4)24-18(23-16)11-8-13(19)15(20)14(9-11)21-7-6-12(10-21)22-5/h8-9,12H,6-7,10,20H2,1-5H3. The number of hydrogen-bond acceptors (Lipinski definition) is 5. The predicted molar refractivity (Wildman–Crippen MR) is 94.2 cm³/mol. The Balaban J connectivity index is 1.91. The Morgan fingerprint density at radius 3 is 2.42 bits per heavy atom. The van der Waals surface area contributed by atoms with E-state index < -0.39 is 24.1 Å². The van der Waals surface area contributed by atoms with Crippen molar-refractivity contribution in [2.24, 2.45) is 0 Å². The first-order valence-corrected chi connectivity index (χ1v) is 8.37. The van der Waals surface area contributed by atoms with E-state index in [4.69, 9.17) is 19.8 Å². The van der Waals surface area contributed by atoms with Gasteiger partial charge in [0.1, 0.15) is 5.82 Å². The lowest BCUT2D eigenvalue weighted by Crippen LogP contribution is -2.41. The van der Waals surface area contributed by atoms with Gasteiger partial charge < -0.3 is 24.7 Å². The van der Waals surface area contributed by atoms with Gasteiger partial charge in [0.2, 0.25) is 0 Å². The average Bonchev–Trinajstić information content (AvgIpc) is 3.04. The maximum atomic E-state index is 14.4. The molecule has 7 heteroatoms. The number of nitrogen functional groups attached to an aromatic ring is 1. The van der Waals surface area contributed by atoms with Crippen LogP contribution in [0.4, 0.5) is 15.8 Å². The lowest BCUT2D eigenvalue weighted by Gasteiger charge is -2.32. The lowest BCUT2D eigenvalue weighted by atomic mass is 9.78. The minimum Gasteiger partial charge on any atom is -0.399 e. The van der Waals surface area contributed by atoms with Crippen LogP contribution in [0.1, 0.15) is 34.1 Å². The van der Waals surface area contributed by atoms with Crippen LogP contribution in [0.3, 0.4) is 0 Å². The van der Waals surface area contributed by atoms with Gasteiger partial charge in [-0.2, -0.15) is 0 Å². The molecule has 0 spiro atoms. The summed E-state index contributed by atoms with van der Waals surface area (Å²) in [5.41, 5.74) is 6.54. The number of rotatable bonds is 3. The largest absolute Gasteiger partial charge is 0.495 e. The molecule has 2 fully saturated rings. The third-order valence-corrected chi connectivity index (χ3v) is 5.47. The average molecular weight is 336 g/mol. The van der Waals surface area contributed by atoms with Crippen molar-refractivity contribution in [1.29, 1.82) is 0 Å². The first-order valence-electron chi connectivity index (χ1n) is 8.37. The molecule has 0 aliphatic carbocycles. The van der Waals surface area contributed by atoms with Crippen molar-refractivity contribution in [1.82, 2.24) is 0 Å². The van der Waals surface area contributed by atoms with Crippen molar-refractivity contribution in [3.63, 3.8) is 0 Å². The fraction of sp³-hybridized carbons (Fsp3) is 0.647. The van der Waals surface area contributed by atoms with E-state index in [0.717, 1.165) is 13.0 Å². The van der Waals surface area contributed by atoms with Gasteiger partial charge in [0.05, 0.1) is 28.7 Å². The number of ether oxygens (including phenoxy) is 1. The summed E-state index contributed by atoms with van der Waals surface area (Å²) in [7, 11) is 1.09. The summed E-state index contributed by atoms with van der Waals surface area (Å²) < 4.78 is 31.9. The maximum absolute atomic E-state index is 14.4. The Hall–Kier alpha value is -1.31. The highest BCUT2D eigenvalue weighted by Gasteiger charge is 2.52. The summed E-state index contributed by atoms with van der Waals surface area (Å²) in [6.07, 6.45) is 1.05. The molecule has 1 unspecified atom stereocenters. The molecule has 0 radical (unpaired) electrons. The van der Waals surface area contributed by atoms with Crippen LogP contribution in [0.5, 0.6) is 0 Å². The Morgan fingerprint density at radius 2 is 1.88 bits per heavy atom. The number of hydrogen-bond donors (Lipinski definition) is 1. The summed E-state index contributed by atoms with van der Waals surface area (Å²) in [5, 5.41) is 0. The van der Waals surface area contributed by atoms with E-state index in [1.807, 2.05) is 33.8 Å². The lowest BCUT2D eigenvalue weighted by molar-refractivity contribution is 0.00578. The summed E-state index contributed by atoms with van der Waals surface area (Å²) in [5.74, 6) is -0.446. The molecule has 5 nitrogen and oxygen atoms in total. The predicted octanol–water partition coefficient (Wildman–Crippen LogP) is 1.93.